The van der Waals surface area contributed by atoms with Gasteiger partial charge in [-0.05, 0) is 33.2 Å². The first-order valence-electron chi connectivity index (χ1n) is 4.97. The molecule has 0 radical (unpaired) electrons. The summed E-state index contributed by atoms with van der Waals surface area (Å²) in [5.74, 6) is 0.128. The largest absolute Gasteiger partial charge is 0.480 e. The van der Waals surface area contributed by atoms with Gasteiger partial charge in [0.15, 0.2) is 0 Å². The standard InChI is InChI=1S/C10H19NO2/c1-7(6-9-4-5-9)11(3)8(2)10(12)13/h7-9H,4-6H2,1-3H3,(H,12,13). The van der Waals surface area contributed by atoms with E-state index in [1.54, 1.807) is 6.92 Å². The molecule has 0 amide bonds. The Labute approximate surface area is 79.7 Å². The number of carboxylic acids is 1. The lowest BCUT2D eigenvalue weighted by Gasteiger charge is -2.28. The summed E-state index contributed by atoms with van der Waals surface area (Å²) in [5, 5.41) is 8.81. The maximum absolute atomic E-state index is 10.7. The highest BCUT2D eigenvalue weighted by Crippen LogP contribution is 2.34. The Morgan fingerprint density at radius 2 is 2.08 bits per heavy atom. The number of carbonyl (C=O) groups is 1. The third-order valence-electron chi connectivity index (χ3n) is 3.03. The van der Waals surface area contributed by atoms with Crippen LogP contribution in [0.25, 0.3) is 0 Å². The van der Waals surface area contributed by atoms with Crippen molar-refractivity contribution in [3.8, 4) is 0 Å². The first-order valence-corrected chi connectivity index (χ1v) is 4.97. The van der Waals surface area contributed by atoms with Crippen LogP contribution in [-0.4, -0.2) is 35.1 Å². The molecule has 1 N–H and O–H groups in total. The summed E-state index contributed by atoms with van der Waals surface area (Å²) in [5.41, 5.74) is 0. The number of aliphatic carboxylic acids is 1. The molecule has 1 saturated carbocycles. The van der Waals surface area contributed by atoms with Crippen molar-refractivity contribution in [3.05, 3.63) is 0 Å². The van der Waals surface area contributed by atoms with Crippen LogP contribution in [0.5, 0.6) is 0 Å². The van der Waals surface area contributed by atoms with Gasteiger partial charge in [-0.2, -0.15) is 0 Å². The van der Waals surface area contributed by atoms with Crippen molar-refractivity contribution in [1.82, 2.24) is 4.90 Å². The van der Waals surface area contributed by atoms with E-state index in [1.165, 1.54) is 12.8 Å². The summed E-state index contributed by atoms with van der Waals surface area (Å²) < 4.78 is 0. The lowest BCUT2D eigenvalue weighted by atomic mass is 10.1. The van der Waals surface area contributed by atoms with Gasteiger partial charge in [-0.3, -0.25) is 9.69 Å². The number of hydrogen-bond donors (Lipinski definition) is 1. The minimum atomic E-state index is -0.731. The molecule has 76 valence electrons. The van der Waals surface area contributed by atoms with Gasteiger partial charge in [0, 0.05) is 6.04 Å². The molecule has 1 rings (SSSR count). The Hall–Kier alpha value is -0.570. The van der Waals surface area contributed by atoms with Gasteiger partial charge >= 0.3 is 5.97 Å². The zero-order valence-electron chi connectivity index (χ0n) is 8.66. The summed E-state index contributed by atoms with van der Waals surface area (Å²) >= 11 is 0. The van der Waals surface area contributed by atoms with E-state index in [-0.39, 0.29) is 6.04 Å². The molecule has 2 atom stereocenters. The number of nitrogens with zero attached hydrogens (tertiary/aromatic N) is 1. The van der Waals surface area contributed by atoms with E-state index in [2.05, 4.69) is 6.92 Å². The minimum absolute atomic E-state index is 0.367. The van der Waals surface area contributed by atoms with Gasteiger partial charge in [0.05, 0.1) is 0 Å². The average Bonchev–Trinajstić information content (AvgIpc) is 2.85. The van der Waals surface area contributed by atoms with Crippen molar-refractivity contribution in [1.29, 1.82) is 0 Å². The lowest BCUT2D eigenvalue weighted by Crippen LogP contribution is -2.41. The van der Waals surface area contributed by atoms with E-state index in [0.29, 0.717) is 6.04 Å². The van der Waals surface area contributed by atoms with Gasteiger partial charge < -0.3 is 5.11 Å². The van der Waals surface area contributed by atoms with Gasteiger partial charge in [0.1, 0.15) is 6.04 Å². The zero-order chi connectivity index (χ0) is 10.0. The fourth-order valence-corrected chi connectivity index (χ4v) is 1.56. The molecule has 0 spiro atoms. The molecule has 13 heavy (non-hydrogen) atoms. The van der Waals surface area contributed by atoms with Gasteiger partial charge in [-0.1, -0.05) is 12.8 Å². The fourth-order valence-electron chi connectivity index (χ4n) is 1.56. The maximum Gasteiger partial charge on any atom is 0.320 e. The number of likely N-dealkylation sites (N-methyl/N-ethyl adjacent to an activating group) is 1. The topological polar surface area (TPSA) is 40.5 Å². The Kier molecular flexibility index (Phi) is 3.31. The number of carboxylic acid groups (broad SMARTS) is 1. The minimum Gasteiger partial charge on any atom is -0.480 e. The third kappa shape index (κ3) is 2.99. The molecule has 0 bridgehead atoms. The van der Waals surface area contributed by atoms with E-state index in [9.17, 15) is 4.79 Å². The monoisotopic (exact) mass is 185 g/mol. The van der Waals surface area contributed by atoms with Gasteiger partial charge in [0.25, 0.3) is 0 Å². The molecule has 1 aliphatic carbocycles. The van der Waals surface area contributed by atoms with Gasteiger partial charge in [-0.15, -0.1) is 0 Å². The molecule has 3 heteroatoms. The van der Waals surface area contributed by atoms with Crippen LogP contribution >= 0.6 is 0 Å². The summed E-state index contributed by atoms with van der Waals surface area (Å²) in [4.78, 5) is 12.7. The normalized spacial score (nSPS) is 21.5. The summed E-state index contributed by atoms with van der Waals surface area (Å²) in [6.07, 6.45) is 3.81. The Morgan fingerprint density at radius 1 is 1.54 bits per heavy atom. The van der Waals surface area contributed by atoms with Crippen LogP contribution in [0.4, 0.5) is 0 Å². The highest BCUT2D eigenvalue weighted by Gasteiger charge is 2.28. The van der Waals surface area contributed by atoms with E-state index in [4.69, 9.17) is 5.11 Å². The van der Waals surface area contributed by atoms with Crippen LogP contribution in [0.3, 0.4) is 0 Å². The fraction of sp³-hybridized carbons (Fsp3) is 0.900. The molecule has 3 nitrogen and oxygen atoms in total. The predicted molar refractivity (Wildman–Crippen MR) is 51.7 cm³/mol. The molecule has 0 aliphatic heterocycles. The molecular weight excluding hydrogens is 166 g/mol. The molecule has 0 aromatic heterocycles. The number of hydrogen-bond acceptors (Lipinski definition) is 2. The molecule has 0 heterocycles. The molecular formula is C10H19NO2. The Morgan fingerprint density at radius 3 is 2.46 bits per heavy atom. The molecule has 1 aliphatic rings. The first kappa shape index (κ1) is 10.5. The van der Waals surface area contributed by atoms with Crippen LogP contribution < -0.4 is 0 Å². The van der Waals surface area contributed by atoms with E-state index >= 15 is 0 Å². The van der Waals surface area contributed by atoms with Crippen molar-refractivity contribution >= 4 is 5.97 Å². The zero-order valence-corrected chi connectivity index (χ0v) is 8.66. The second-order valence-corrected chi connectivity index (χ2v) is 4.21. The highest BCUT2D eigenvalue weighted by atomic mass is 16.4. The smallest absolute Gasteiger partial charge is 0.320 e. The van der Waals surface area contributed by atoms with Gasteiger partial charge in [0.2, 0.25) is 0 Å². The summed E-state index contributed by atoms with van der Waals surface area (Å²) in [7, 11) is 1.89. The van der Waals surface area contributed by atoms with E-state index in [0.717, 1.165) is 12.3 Å². The number of rotatable bonds is 5. The van der Waals surface area contributed by atoms with E-state index in [1.807, 2.05) is 11.9 Å². The van der Waals surface area contributed by atoms with E-state index < -0.39 is 5.97 Å². The SMILES string of the molecule is CC(CC1CC1)N(C)C(C)C(=O)O. The molecule has 0 aromatic carbocycles. The lowest BCUT2D eigenvalue weighted by molar-refractivity contribution is -0.142. The Balaban J connectivity index is 2.34. The van der Waals surface area contributed by atoms with Crippen LogP contribution in [0.1, 0.15) is 33.1 Å². The van der Waals surface area contributed by atoms with Crippen molar-refractivity contribution < 1.29 is 9.90 Å². The van der Waals surface area contributed by atoms with Gasteiger partial charge in [-0.25, -0.2) is 0 Å². The second kappa shape index (κ2) is 4.09. The van der Waals surface area contributed by atoms with Crippen molar-refractivity contribution in [2.75, 3.05) is 7.05 Å². The molecule has 0 aromatic rings. The summed E-state index contributed by atoms with van der Waals surface area (Å²) in [6.45, 7) is 3.85. The quantitative estimate of drug-likeness (QED) is 0.707. The summed E-state index contributed by atoms with van der Waals surface area (Å²) in [6, 6.07) is 0.0207. The van der Waals surface area contributed by atoms with Crippen molar-refractivity contribution in [3.63, 3.8) is 0 Å². The molecule has 0 saturated heterocycles. The Bertz CT molecular complexity index is 189. The highest BCUT2D eigenvalue weighted by molar-refractivity contribution is 5.72. The molecule has 2 unspecified atom stereocenters. The first-order chi connectivity index (χ1) is 6.02. The average molecular weight is 185 g/mol. The predicted octanol–water partition coefficient (Wildman–Crippen LogP) is 1.58. The van der Waals surface area contributed by atoms with Crippen LogP contribution in [-0.2, 0) is 4.79 Å². The van der Waals surface area contributed by atoms with Crippen LogP contribution in [0.15, 0.2) is 0 Å². The molecule has 1 fully saturated rings. The third-order valence-corrected chi connectivity index (χ3v) is 3.03. The second-order valence-electron chi connectivity index (χ2n) is 4.21. The van der Waals surface area contributed by atoms with Crippen molar-refractivity contribution in [2.45, 2.75) is 45.2 Å². The van der Waals surface area contributed by atoms with Crippen LogP contribution in [0, 0.1) is 5.92 Å². The van der Waals surface area contributed by atoms with Crippen LogP contribution in [0.2, 0.25) is 0 Å². The van der Waals surface area contributed by atoms with Crippen molar-refractivity contribution in [2.24, 2.45) is 5.92 Å². The maximum atomic E-state index is 10.7.